The van der Waals surface area contributed by atoms with Gasteiger partial charge in [-0.1, -0.05) is 142 Å². The fourth-order valence-electron chi connectivity index (χ4n) is 6.68. The van der Waals surface area contributed by atoms with E-state index >= 15 is 0 Å². The number of hydrogen-bond donors (Lipinski definition) is 0. The van der Waals surface area contributed by atoms with Crippen LogP contribution in [0.5, 0.6) is 0 Å². The molecule has 0 aromatic heterocycles. The summed E-state index contributed by atoms with van der Waals surface area (Å²) in [6.07, 6.45) is 0. The quantitative estimate of drug-likeness (QED) is 0.194. The van der Waals surface area contributed by atoms with Gasteiger partial charge in [0.2, 0.25) is 0 Å². The van der Waals surface area contributed by atoms with E-state index in [1.54, 1.807) is 0 Å². The van der Waals surface area contributed by atoms with Crippen LogP contribution in [0.1, 0.15) is 52.7 Å². The number of fused-ring (bicyclic) bond motifs is 1. The van der Waals surface area contributed by atoms with Gasteiger partial charge in [-0.2, -0.15) is 0 Å². The molecular formula is C39H38BrN. The van der Waals surface area contributed by atoms with Crippen molar-refractivity contribution in [3.05, 3.63) is 137 Å². The number of nitrogens with zero attached hydrogens (tertiary/aromatic N) is 1. The van der Waals surface area contributed by atoms with E-state index in [0.29, 0.717) is 0 Å². The van der Waals surface area contributed by atoms with Crippen LogP contribution in [-0.4, -0.2) is 0 Å². The molecule has 1 aliphatic carbocycles. The zero-order valence-corrected chi connectivity index (χ0v) is 26.5. The molecule has 0 fully saturated rings. The summed E-state index contributed by atoms with van der Waals surface area (Å²) >= 11 is 4.04. The maximum absolute atomic E-state index is 4.04. The van der Waals surface area contributed by atoms with E-state index in [1.807, 2.05) is 0 Å². The standard InChI is InChI=1S/C39H38BrN/c1-37(2)32-25-31(34(40)26-33(32)38(3,4)39(37,5)6)30-22-14-16-24-36(30)41(28-19-11-8-12-20-28)35-23-15-13-21-29(35)27-17-9-7-10-18-27/h7-26H,1-6H3. The van der Waals surface area contributed by atoms with Gasteiger partial charge in [0.05, 0.1) is 11.4 Å². The van der Waals surface area contributed by atoms with Crippen molar-refractivity contribution in [1.82, 2.24) is 0 Å². The fourth-order valence-corrected chi connectivity index (χ4v) is 7.24. The first-order valence-electron chi connectivity index (χ1n) is 14.5. The number of halogens is 1. The van der Waals surface area contributed by atoms with Crippen LogP contribution in [0.25, 0.3) is 22.3 Å². The van der Waals surface area contributed by atoms with Crippen LogP contribution in [0.2, 0.25) is 0 Å². The molecule has 0 saturated carbocycles. The highest BCUT2D eigenvalue weighted by molar-refractivity contribution is 9.10. The molecule has 5 aromatic carbocycles. The Labute approximate surface area is 254 Å². The van der Waals surface area contributed by atoms with Crippen molar-refractivity contribution < 1.29 is 0 Å². The molecule has 6 rings (SSSR count). The van der Waals surface area contributed by atoms with Crippen LogP contribution in [0.3, 0.4) is 0 Å². The van der Waals surface area contributed by atoms with Gasteiger partial charge in [-0.3, -0.25) is 0 Å². The Kier molecular flexibility index (Phi) is 6.74. The van der Waals surface area contributed by atoms with Crippen LogP contribution in [0.4, 0.5) is 17.1 Å². The Morgan fingerprint density at radius 3 is 1.56 bits per heavy atom. The van der Waals surface area contributed by atoms with E-state index in [-0.39, 0.29) is 16.2 Å². The number of benzene rings is 5. The van der Waals surface area contributed by atoms with E-state index in [1.165, 1.54) is 33.4 Å². The molecule has 0 saturated heterocycles. The Hall–Kier alpha value is -3.62. The largest absolute Gasteiger partial charge is 0.309 e. The Bertz CT molecular complexity index is 1710. The van der Waals surface area contributed by atoms with Crippen LogP contribution in [-0.2, 0) is 10.8 Å². The molecule has 1 nitrogen and oxygen atoms in total. The van der Waals surface area contributed by atoms with Gasteiger partial charge in [-0.15, -0.1) is 0 Å². The van der Waals surface area contributed by atoms with E-state index in [2.05, 4.69) is 184 Å². The number of rotatable bonds is 5. The molecule has 0 bridgehead atoms. The first kappa shape index (κ1) is 27.5. The Morgan fingerprint density at radius 2 is 0.951 bits per heavy atom. The Balaban J connectivity index is 1.61. The van der Waals surface area contributed by atoms with Crippen molar-refractivity contribution in [2.24, 2.45) is 5.41 Å². The topological polar surface area (TPSA) is 3.24 Å². The summed E-state index contributed by atoms with van der Waals surface area (Å²) in [4.78, 5) is 2.41. The van der Waals surface area contributed by atoms with Gasteiger partial charge in [0.25, 0.3) is 0 Å². The Morgan fingerprint density at radius 1 is 0.488 bits per heavy atom. The van der Waals surface area contributed by atoms with Crippen molar-refractivity contribution in [3.63, 3.8) is 0 Å². The van der Waals surface area contributed by atoms with Crippen LogP contribution in [0, 0.1) is 5.41 Å². The molecule has 0 unspecified atom stereocenters. The summed E-state index contributed by atoms with van der Waals surface area (Å²) in [5.41, 5.74) is 11.3. The maximum Gasteiger partial charge on any atom is 0.0540 e. The van der Waals surface area contributed by atoms with Gasteiger partial charge < -0.3 is 4.90 Å². The summed E-state index contributed by atoms with van der Waals surface area (Å²) in [6, 6.07) is 43.8. The summed E-state index contributed by atoms with van der Waals surface area (Å²) < 4.78 is 1.13. The second-order valence-electron chi connectivity index (χ2n) is 12.8. The van der Waals surface area contributed by atoms with Gasteiger partial charge in [-0.05, 0) is 74.9 Å². The second-order valence-corrected chi connectivity index (χ2v) is 13.7. The molecule has 0 radical (unpaired) electrons. The van der Waals surface area contributed by atoms with Crippen molar-refractivity contribution >= 4 is 33.0 Å². The van der Waals surface area contributed by atoms with Crippen molar-refractivity contribution in [2.45, 2.75) is 52.4 Å². The van der Waals surface area contributed by atoms with Crippen LogP contribution >= 0.6 is 15.9 Å². The minimum absolute atomic E-state index is 0.0231. The molecule has 0 aliphatic heterocycles. The average Bonchev–Trinajstić information content (AvgIpc) is 3.08. The van der Waals surface area contributed by atoms with Crippen LogP contribution < -0.4 is 4.90 Å². The van der Waals surface area contributed by atoms with Gasteiger partial charge in [0.1, 0.15) is 0 Å². The monoisotopic (exact) mass is 599 g/mol. The summed E-state index contributed by atoms with van der Waals surface area (Å²) in [5.74, 6) is 0. The third kappa shape index (κ3) is 4.27. The maximum atomic E-state index is 4.04. The zero-order chi connectivity index (χ0) is 29.0. The lowest BCUT2D eigenvalue weighted by Crippen LogP contribution is -2.42. The number of para-hydroxylation sites is 3. The SMILES string of the molecule is CC1(C)c2cc(Br)c(-c3ccccc3N(c3ccccc3)c3ccccc3-c3ccccc3)cc2C(C)(C)C1(C)C. The van der Waals surface area contributed by atoms with E-state index in [9.17, 15) is 0 Å². The lowest BCUT2D eigenvalue weighted by Gasteiger charge is -2.44. The highest BCUT2D eigenvalue weighted by Crippen LogP contribution is 2.62. The predicted molar refractivity (Wildman–Crippen MR) is 180 cm³/mol. The molecule has 0 atom stereocenters. The lowest BCUT2D eigenvalue weighted by atomic mass is 9.59. The molecule has 0 amide bonds. The van der Waals surface area contributed by atoms with Gasteiger partial charge in [0.15, 0.2) is 0 Å². The first-order valence-corrected chi connectivity index (χ1v) is 15.3. The highest BCUT2D eigenvalue weighted by Gasteiger charge is 2.57. The lowest BCUT2D eigenvalue weighted by molar-refractivity contribution is 0.125. The van der Waals surface area contributed by atoms with Gasteiger partial charge >= 0.3 is 0 Å². The molecule has 0 heterocycles. The normalized spacial score (nSPS) is 16.3. The average molecular weight is 601 g/mol. The first-order chi connectivity index (χ1) is 19.6. The van der Waals surface area contributed by atoms with E-state index < -0.39 is 0 Å². The van der Waals surface area contributed by atoms with E-state index in [0.717, 1.165) is 21.5 Å². The molecule has 206 valence electrons. The summed E-state index contributed by atoms with van der Waals surface area (Å²) in [6.45, 7) is 14.5. The molecule has 0 N–H and O–H groups in total. The fraction of sp³-hybridized carbons (Fsp3) is 0.231. The van der Waals surface area contributed by atoms with Crippen molar-refractivity contribution in [1.29, 1.82) is 0 Å². The molecule has 2 heteroatoms. The number of hydrogen-bond acceptors (Lipinski definition) is 1. The minimum Gasteiger partial charge on any atom is -0.309 e. The third-order valence-electron chi connectivity index (χ3n) is 10.3. The van der Waals surface area contributed by atoms with E-state index in [4.69, 9.17) is 0 Å². The molecule has 1 aliphatic rings. The summed E-state index contributed by atoms with van der Waals surface area (Å²) in [5, 5.41) is 0. The molecular weight excluding hydrogens is 562 g/mol. The minimum atomic E-state index is 0.0231. The molecule has 41 heavy (non-hydrogen) atoms. The van der Waals surface area contributed by atoms with Crippen LogP contribution in [0.15, 0.2) is 126 Å². The highest BCUT2D eigenvalue weighted by atomic mass is 79.9. The molecule has 5 aromatic rings. The van der Waals surface area contributed by atoms with Crippen molar-refractivity contribution in [2.75, 3.05) is 4.90 Å². The number of anilines is 3. The van der Waals surface area contributed by atoms with Gasteiger partial charge in [-0.25, -0.2) is 0 Å². The molecule has 0 spiro atoms. The third-order valence-corrected chi connectivity index (χ3v) is 10.9. The predicted octanol–water partition coefficient (Wildman–Crippen LogP) is 11.8. The van der Waals surface area contributed by atoms with Crippen molar-refractivity contribution in [3.8, 4) is 22.3 Å². The smallest absolute Gasteiger partial charge is 0.0540 e. The summed E-state index contributed by atoms with van der Waals surface area (Å²) in [7, 11) is 0. The zero-order valence-electron chi connectivity index (χ0n) is 24.9. The van der Waals surface area contributed by atoms with Gasteiger partial charge in [0, 0.05) is 21.3 Å². The second kappa shape index (κ2) is 10.0.